The molecule has 0 bridgehead atoms. The fourth-order valence-electron chi connectivity index (χ4n) is 2.19. The van der Waals surface area contributed by atoms with Crippen LogP contribution in [0, 0.1) is 11.3 Å². The van der Waals surface area contributed by atoms with Crippen LogP contribution in [0.4, 0.5) is 4.79 Å². The van der Waals surface area contributed by atoms with Crippen LogP contribution in [0.3, 0.4) is 0 Å². The van der Waals surface area contributed by atoms with Crippen LogP contribution in [0.1, 0.15) is 19.4 Å². The van der Waals surface area contributed by atoms with E-state index in [1.807, 2.05) is 6.07 Å². The van der Waals surface area contributed by atoms with Crippen molar-refractivity contribution in [1.29, 1.82) is 5.26 Å². The Labute approximate surface area is 155 Å². The second-order valence-electron chi connectivity index (χ2n) is 5.49. The minimum Gasteiger partial charge on any atom is -0.479 e. The van der Waals surface area contributed by atoms with Crippen LogP contribution in [0.2, 0.25) is 0 Å². The number of urea groups is 1. The Kier molecular flexibility index (Phi) is 6.77. The van der Waals surface area contributed by atoms with Gasteiger partial charge in [0.25, 0.3) is 0 Å². The van der Waals surface area contributed by atoms with Crippen LogP contribution in [-0.2, 0) is 19.1 Å². The van der Waals surface area contributed by atoms with Crippen molar-refractivity contribution in [2.45, 2.75) is 20.0 Å². The molecule has 0 aromatic heterocycles. The summed E-state index contributed by atoms with van der Waals surface area (Å²) >= 11 is 0. The normalized spacial score (nSPS) is 14.3. The fraction of sp³-hybridized carbons (Fsp3) is 0.333. The molecule has 0 unspecified atom stereocenters. The topological polar surface area (TPSA) is 127 Å². The average molecular weight is 373 g/mol. The van der Waals surface area contributed by atoms with E-state index in [1.54, 1.807) is 31.2 Å². The van der Waals surface area contributed by atoms with Crippen LogP contribution >= 0.6 is 0 Å². The van der Waals surface area contributed by atoms with Crippen molar-refractivity contribution in [1.82, 2.24) is 10.6 Å². The molecule has 1 aromatic rings. The number of ether oxygens (including phenoxy) is 3. The molecule has 1 aliphatic rings. The first kappa shape index (κ1) is 19.8. The number of benzene rings is 1. The third kappa shape index (κ3) is 5.47. The van der Waals surface area contributed by atoms with Crippen molar-refractivity contribution < 1.29 is 28.6 Å². The zero-order chi connectivity index (χ0) is 19.8. The van der Waals surface area contributed by atoms with Gasteiger partial charge in [0.05, 0.1) is 36.1 Å². The SMILES string of the molecule is CCOC(=O)C1=C(COC(=O)[C@@H](C)Oc2ccc(C#N)cc2)NC(=O)NC1. The van der Waals surface area contributed by atoms with Crippen molar-refractivity contribution in [3.05, 3.63) is 41.1 Å². The third-order valence-electron chi connectivity index (χ3n) is 3.56. The van der Waals surface area contributed by atoms with E-state index in [0.717, 1.165) is 0 Å². The average Bonchev–Trinajstić information content (AvgIpc) is 2.66. The van der Waals surface area contributed by atoms with Gasteiger partial charge >= 0.3 is 18.0 Å². The highest BCUT2D eigenvalue weighted by atomic mass is 16.6. The Morgan fingerprint density at radius 2 is 1.96 bits per heavy atom. The van der Waals surface area contributed by atoms with E-state index < -0.39 is 24.1 Å². The van der Waals surface area contributed by atoms with Crippen LogP contribution in [0.25, 0.3) is 0 Å². The molecule has 1 aromatic carbocycles. The van der Waals surface area contributed by atoms with Gasteiger partial charge < -0.3 is 24.8 Å². The number of amides is 2. The van der Waals surface area contributed by atoms with Crippen molar-refractivity contribution in [2.24, 2.45) is 0 Å². The highest BCUT2D eigenvalue weighted by molar-refractivity contribution is 5.93. The lowest BCUT2D eigenvalue weighted by atomic mass is 10.1. The number of carbonyl (C=O) groups is 3. The molecular formula is C18H19N3O6. The molecule has 0 radical (unpaired) electrons. The minimum absolute atomic E-state index is 0.0190. The van der Waals surface area contributed by atoms with Crippen molar-refractivity contribution in [3.8, 4) is 11.8 Å². The van der Waals surface area contributed by atoms with Gasteiger partial charge in [-0.3, -0.25) is 0 Å². The molecule has 0 spiro atoms. The molecule has 0 saturated carbocycles. The Bertz CT molecular complexity index is 794. The Morgan fingerprint density at radius 1 is 1.26 bits per heavy atom. The molecule has 27 heavy (non-hydrogen) atoms. The molecule has 2 amide bonds. The minimum atomic E-state index is -0.929. The molecule has 1 aliphatic heterocycles. The molecule has 2 N–H and O–H groups in total. The Balaban J connectivity index is 1.97. The van der Waals surface area contributed by atoms with E-state index in [0.29, 0.717) is 11.3 Å². The zero-order valence-corrected chi connectivity index (χ0v) is 14.9. The van der Waals surface area contributed by atoms with Crippen LogP contribution in [0.15, 0.2) is 35.5 Å². The van der Waals surface area contributed by atoms with E-state index >= 15 is 0 Å². The molecule has 0 aliphatic carbocycles. The predicted molar refractivity (Wildman–Crippen MR) is 92.4 cm³/mol. The number of nitriles is 1. The maximum atomic E-state index is 12.1. The van der Waals surface area contributed by atoms with Gasteiger partial charge in [0.2, 0.25) is 0 Å². The second-order valence-corrected chi connectivity index (χ2v) is 5.49. The molecule has 1 atom stereocenters. The third-order valence-corrected chi connectivity index (χ3v) is 3.56. The summed E-state index contributed by atoms with van der Waals surface area (Å²) in [6.45, 7) is 3.02. The number of nitrogens with one attached hydrogen (secondary N) is 2. The van der Waals surface area contributed by atoms with E-state index in [1.165, 1.54) is 6.92 Å². The van der Waals surface area contributed by atoms with Gasteiger partial charge in [-0.25, -0.2) is 14.4 Å². The van der Waals surface area contributed by atoms with E-state index in [-0.39, 0.29) is 31.0 Å². The quantitative estimate of drug-likeness (QED) is 0.683. The molecule has 0 saturated heterocycles. The molecular weight excluding hydrogens is 354 g/mol. The summed E-state index contributed by atoms with van der Waals surface area (Å²) in [6, 6.07) is 7.74. The lowest BCUT2D eigenvalue weighted by molar-refractivity contribution is -0.150. The predicted octanol–water partition coefficient (Wildman–Crippen LogP) is 0.999. The lowest BCUT2D eigenvalue weighted by Crippen LogP contribution is -2.45. The largest absolute Gasteiger partial charge is 0.479 e. The zero-order valence-electron chi connectivity index (χ0n) is 14.9. The van der Waals surface area contributed by atoms with Gasteiger partial charge in [0.1, 0.15) is 12.4 Å². The first-order chi connectivity index (χ1) is 12.9. The molecule has 0 fully saturated rings. The lowest BCUT2D eigenvalue weighted by Gasteiger charge is -2.21. The standard InChI is InChI=1S/C18H19N3O6/c1-3-25-17(23)14-9-20-18(24)21-15(14)10-26-16(22)11(2)27-13-6-4-12(8-19)5-7-13/h4-7,11H,3,9-10H2,1-2H3,(H2,20,21,24)/t11-/m1/s1. The van der Waals surface area contributed by atoms with Crippen LogP contribution < -0.4 is 15.4 Å². The number of rotatable bonds is 7. The fourth-order valence-corrected chi connectivity index (χ4v) is 2.19. The number of carbonyl (C=O) groups excluding carboxylic acids is 3. The molecule has 9 heteroatoms. The first-order valence-corrected chi connectivity index (χ1v) is 8.22. The van der Waals surface area contributed by atoms with Crippen molar-refractivity contribution >= 4 is 18.0 Å². The number of hydrogen-bond acceptors (Lipinski definition) is 7. The molecule has 142 valence electrons. The van der Waals surface area contributed by atoms with Gasteiger partial charge in [-0.15, -0.1) is 0 Å². The maximum absolute atomic E-state index is 12.1. The van der Waals surface area contributed by atoms with Crippen molar-refractivity contribution in [2.75, 3.05) is 19.8 Å². The summed E-state index contributed by atoms with van der Waals surface area (Å²) in [5.74, 6) is -0.874. The van der Waals surface area contributed by atoms with Crippen LogP contribution in [-0.4, -0.2) is 43.8 Å². The summed E-state index contributed by atoms with van der Waals surface area (Å²) in [6.07, 6.45) is -0.929. The van der Waals surface area contributed by atoms with Gasteiger partial charge in [-0.2, -0.15) is 5.26 Å². The summed E-state index contributed by atoms with van der Waals surface area (Å²) in [4.78, 5) is 35.5. The van der Waals surface area contributed by atoms with Crippen LogP contribution in [0.5, 0.6) is 5.75 Å². The smallest absolute Gasteiger partial charge is 0.347 e. The van der Waals surface area contributed by atoms with E-state index in [9.17, 15) is 14.4 Å². The number of esters is 2. The van der Waals surface area contributed by atoms with Gasteiger partial charge in [0.15, 0.2) is 6.10 Å². The van der Waals surface area contributed by atoms with Crippen molar-refractivity contribution in [3.63, 3.8) is 0 Å². The number of hydrogen-bond donors (Lipinski definition) is 2. The highest BCUT2D eigenvalue weighted by Gasteiger charge is 2.25. The summed E-state index contributed by atoms with van der Waals surface area (Å²) in [5.41, 5.74) is 0.818. The van der Waals surface area contributed by atoms with Gasteiger partial charge in [-0.05, 0) is 38.1 Å². The second kappa shape index (κ2) is 9.24. The highest BCUT2D eigenvalue weighted by Crippen LogP contribution is 2.14. The Morgan fingerprint density at radius 3 is 2.59 bits per heavy atom. The van der Waals surface area contributed by atoms with E-state index in [2.05, 4.69) is 10.6 Å². The van der Waals surface area contributed by atoms with Gasteiger partial charge in [-0.1, -0.05) is 0 Å². The number of nitrogens with zero attached hydrogens (tertiary/aromatic N) is 1. The molecule has 2 rings (SSSR count). The molecule has 1 heterocycles. The first-order valence-electron chi connectivity index (χ1n) is 8.22. The molecule has 9 nitrogen and oxygen atoms in total. The maximum Gasteiger partial charge on any atom is 0.347 e. The van der Waals surface area contributed by atoms with Gasteiger partial charge in [0, 0.05) is 0 Å². The summed E-state index contributed by atoms with van der Waals surface area (Å²) in [7, 11) is 0. The summed E-state index contributed by atoms with van der Waals surface area (Å²) < 4.78 is 15.5. The van der Waals surface area contributed by atoms with E-state index in [4.69, 9.17) is 19.5 Å². The Hall–Kier alpha value is -3.54. The monoisotopic (exact) mass is 373 g/mol. The summed E-state index contributed by atoms with van der Waals surface area (Å²) in [5, 5.41) is 13.7.